The molecule has 0 aliphatic rings. The molecule has 1 aromatic carbocycles. The monoisotopic (exact) mass is 408 g/mol. The standard InChI is InChI=1S/C21H16N2O3S2/c1-2-26-21(25)18-17(14-7-4-3-5-8-14)13-28-20(18)23-19(24)15(12-22)11-16-9-6-10-27-16/h3-11,13H,2H2,1H3,(H,23,24). The first-order valence-corrected chi connectivity index (χ1v) is 10.2. The Hall–Kier alpha value is -3.21. The molecule has 1 N–H and O–H groups in total. The van der Waals surface area contributed by atoms with Gasteiger partial charge in [0.1, 0.15) is 22.2 Å². The maximum absolute atomic E-state index is 12.6. The topological polar surface area (TPSA) is 79.2 Å². The normalized spacial score (nSPS) is 10.9. The van der Waals surface area contributed by atoms with E-state index in [2.05, 4.69) is 5.32 Å². The molecule has 0 unspecified atom stereocenters. The zero-order valence-corrected chi connectivity index (χ0v) is 16.6. The first-order valence-electron chi connectivity index (χ1n) is 8.44. The zero-order chi connectivity index (χ0) is 19.9. The Kier molecular flexibility index (Phi) is 6.37. The van der Waals surface area contributed by atoms with Crippen LogP contribution in [-0.4, -0.2) is 18.5 Å². The minimum Gasteiger partial charge on any atom is -0.462 e. The third-order valence-corrected chi connectivity index (χ3v) is 5.49. The quantitative estimate of drug-likeness (QED) is 0.345. The van der Waals surface area contributed by atoms with Crippen LogP contribution in [0, 0.1) is 11.3 Å². The van der Waals surface area contributed by atoms with Crippen LogP contribution in [0.4, 0.5) is 5.00 Å². The Labute approximate surface area is 170 Å². The van der Waals surface area contributed by atoms with Gasteiger partial charge in [0.25, 0.3) is 5.91 Å². The van der Waals surface area contributed by atoms with Crippen molar-refractivity contribution in [1.82, 2.24) is 0 Å². The van der Waals surface area contributed by atoms with Crippen molar-refractivity contribution < 1.29 is 14.3 Å². The van der Waals surface area contributed by atoms with Gasteiger partial charge in [-0.15, -0.1) is 22.7 Å². The summed E-state index contributed by atoms with van der Waals surface area (Å²) >= 11 is 2.65. The lowest BCUT2D eigenvalue weighted by molar-refractivity contribution is -0.112. The molecule has 5 nitrogen and oxygen atoms in total. The lowest BCUT2D eigenvalue weighted by atomic mass is 10.0. The van der Waals surface area contributed by atoms with Crippen molar-refractivity contribution in [2.75, 3.05) is 11.9 Å². The van der Waals surface area contributed by atoms with E-state index in [1.807, 2.05) is 53.9 Å². The summed E-state index contributed by atoms with van der Waals surface area (Å²) in [6, 6.07) is 15.0. The first-order chi connectivity index (χ1) is 13.6. The number of carbonyl (C=O) groups excluding carboxylic acids is 2. The summed E-state index contributed by atoms with van der Waals surface area (Å²) in [6.45, 7) is 1.94. The number of anilines is 1. The summed E-state index contributed by atoms with van der Waals surface area (Å²) in [4.78, 5) is 26.0. The number of rotatable bonds is 6. The van der Waals surface area contributed by atoms with Crippen LogP contribution in [0.2, 0.25) is 0 Å². The first kappa shape index (κ1) is 19.5. The third kappa shape index (κ3) is 4.36. The molecule has 3 aromatic rings. The average molecular weight is 409 g/mol. The molecule has 0 radical (unpaired) electrons. The minimum atomic E-state index is -0.567. The predicted molar refractivity (Wildman–Crippen MR) is 112 cm³/mol. The molecular weight excluding hydrogens is 392 g/mol. The molecule has 2 aromatic heterocycles. The predicted octanol–water partition coefficient (Wildman–Crippen LogP) is 5.20. The number of nitriles is 1. The van der Waals surface area contributed by atoms with Crippen LogP contribution in [0.25, 0.3) is 17.2 Å². The van der Waals surface area contributed by atoms with Gasteiger partial charge in [0, 0.05) is 15.8 Å². The van der Waals surface area contributed by atoms with Crippen molar-refractivity contribution in [3.63, 3.8) is 0 Å². The maximum Gasteiger partial charge on any atom is 0.341 e. The molecule has 0 aliphatic carbocycles. The van der Waals surface area contributed by atoms with Gasteiger partial charge < -0.3 is 10.1 Å². The Morgan fingerprint density at radius 3 is 2.61 bits per heavy atom. The second kappa shape index (κ2) is 9.13. The van der Waals surface area contributed by atoms with Crippen LogP contribution in [0.15, 0.2) is 58.8 Å². The van der Waals surface area contributed by atoms with Crippen LogP contribution in [0.3, 0.4) is 0 Å². The molecule has 0 bridgehead atoms. The highest BCUT2D eigenvalue weighted by Crippen LogP contribution is 2.36. The Balaban J connectivity index is 1.95. The highest BCUT2D eigenvalue weighted by molar-refractivity contribution is 7.15. The van der Waals surface area contributed by atoms with Gasteiger partial charge in [0.15, 0.2) is 0 Å². The molecule has 140 valence electrons. The van der Waals surface area contributed by atoms with E-state index in [9.17, 15) is 14.9 Å². The van der Waals surface area contributed by atoms with Gasteiger partial charge in [-0.05, 0) is 30.0 Å². The van der Waals surface area contributed by atoms with Crippen LogP contribution in [-0.2, 0) is 9.53 Å². The van der Waals surface area contributed by atoms with Gasteiger partial charge in [0.2, 0.25) is 0 Å². The molecule has 3 rings (SSSR count). The fraction of sp³-hybridized carbons (Fsp3) is 0.0952. The number of thiophene rings is 2. The van der Waals surface area contributed by atoms with Gasteiger partial charge >= 0.3 is 5.97 Å². The number of esters is 1. The number of ether oxygens (including phenoxy) is 1. The van der Waals surface area contributed by atoms with Crippen molar-refractivity contribution in [2.24, 2.45) is 0 Å². The number of hydrogen-bond acceptors (Lipinski definition) is 6. The van der Waals surface area contributed by atoms with Crippen molar-refractivity contribution in [3.05, 3.63) is 69.2 Å². The summed E-state index contributed by atoms with van der Waals surface area (Å²) in [5.74, 6) is -1.08. The van der Waals surface area contributed by atoms with Gasteiger partial charge in [-0.2, -0.15) is 5.26 Å². The van der Waals surface area contributed by atoms with Crippen molar-refractivity contribution in [2.45, 2.75) is 6.92 Å². The smallest absolute Gasteiger partial charge is 0.341 e. The summed E-state index contributed by atoms with van der Waals surface area (Å²) in [6.07, 6.45) is 1.52. The molecule has 0 spiro atoms. The van der Waals surface area contributed by atoms with Crippen molar-refractivity contribution in [1.29, 1.82) is 5.26 Å². The highest BCUT2D eigenvalue weighted by Gasteiger charge is 2.23. The number of carbonyl (C=O) groups is 2. The molecule has 1 amide bonds. The van der Waals surface area contributed by atoms with Gasteiger partial charge in [-0.3, -0.25) is 4.79 Å². The van der Waals surface area contributed by atoms with E-state index in [-0.39, 0.29) is 12.2 Å². The number of amides is 1. The van der Waals surface area contributed by atoms with Crippen molar-refractivity contribution >= 4 is 45.6 Å². The summed E-state index contributed by atoms with van der Waals surface area (Å²) in [7, 11) is 0. The maximum atomic E-state index is 12.6. The van der Waals surface area contributed by atoms with Crippen molar-refractivity contribution in [3.8, 4) is 17.2 Å². The van der Waals surface area contributed by atoms with E-state index in [0.717, 1.165) is 10.4 Å². The summed E-state index contributed by atoms with van der Waals surface area (Å²) < 4.78 is 5.18. The molecular formula is C21H16N2O3S2. The second-order valence-corrected chi connectivity index (χ2v) is 7.44. The number of benzene rings is 1. The molecule has 0 saturated carbocycles. The summed E-state index contributed by atoms with van der Waals surface area (Å²) in [5.41, 5.74) is 1.78. The molecule has 0 aliphatic heterocycles. The number of hydrogen-bond donors (Lipinski definition) is 1. The van der Waals surface area contributed by atoms with Gasteiger partial charge in [-0.1, -0.05) is 36.4 Å². The minimum absolute atomic E-state index is 0.0353. The lowest BCUT2D eigenvalue weighted by Gasteiger charge is -2.08. The van der Waals surface area contributed by atoms with E-state index in [1.54, 1.807) is 12.3 Å². The van der Waals surface area contributed by atoms with Gasteiger partial charge in [0.05, 0.1) is 6.61 Å². The van der Waals surface area contributed by atoms with Gasteiger partial charge in [-0.25, -0.2) is 4.79 Å². The third-order valence-electron chi connectivity index (χ3n) is 3.78. The highest BCUT2D eigenvalue weighted by atomic mass is 32.1. The molecule has 2 heterocycles. The van der Waals surface area contributed by atoms with Crippen LogP contribution >= 0.6 is 22.7 Å². The van der Waals surface area contributed by atoms with Crippen LogP contribution in [0.1, 0.15) is 22.2 Å². The molecule has 7 heteroatoms. The van der Waals surface area contributed by atoms with E-state index in [0.29, 0.717) is 16.1 Å². The fourth-order valence-electron chi connectivity index (χ4n) is 2.52. The van der Waals surface area contributed by atoms with E-state index >= 15 is 0 Å². The van der Waals surface area contributed by atoms with Crippen LogP contribution < -0.4 is 5.32 Å². The fourth-order valence-corrected chi connectivity index (χ4v) is 4.13. The SMILES string of the molecule is CCOC(=O)c1c(-c2ccccc2)csc1NC(=O)C(C#N)=Cc1cccs1. The Bertz CT molecular complexity index is 1050. The Morgan fingerprint density at radius 2 is 1.96 bits per heavy atom. The van der Waals surface area contributed by atoms with E-state index in [1.165, 1.54) is 28.7 Å². The largest absolute Gasteiger partial charge is 0.462 e. The van der Waals surface area contributed by atoms with Crippen LogP contribution in [0.5, 0.6) is 0 Å². The summed E-state index contributed by atoms with van der Waals surface area (Å²) in [5, 5.41) is 16.1. The number of nitrogens with one attached hydrogen (secondary N) is 1. The average Bonchev–Trinajstić information content (AvgIpc) is 3.36. The second-order valence-electron chi connectivity index (χ2n) is 5.58. The van der Waals surface area contributed by atoms with E-state index < -0.39 is 11.9 Å². The molecule has 0 fully saturated rings. The molecule has 28 heavy (non-hydrogen) atoms. The van der Waals surface area contributed by atoms with E-state index in [4.69, 9.17) is 4.74 Å². The molecule has 0 saturated heterocycles. The zero-order valence-electron chi connectivity index (χ0n) is 15.0. The Morgan fingerprint density at radius 1 is 1.18 bits per heavy atom. The lowest BCUT2D eigenvalue weighted by Crippen LogP contribution is -2.16. The molecule has 0 atom stereocenters. The number of nitrogens with zero attached hydrogens (tertiary/aromatic N) is 1.